The summed E-state index contributed by atoms with van der Waals surface area (Å²) < 4.78 is 11.1. The van der Waals surface area contributed by atoms with Gasteiger partial charge >= 0.3 is 0 Å². The summed E-state index contributed by atoms with van der Waals surface area (Å²) in [5.41, 5.74) is 0.970. The van der Waals surface area contributed by atoms with E-state index < -0.39 is 0 Å². The Labute approximate surface area is 115 Å². The van der Waals surface area contributed by atoms with Gasteiger partial charge in [-0.25, -0.2) is 0 Å². The van der Waals surface area contributed by atoms with E-state index in [1.807, 2.05) is 6.07 Å². The number of hydrogen-bond acceptors (Lipinski definition) is 5. The van der Waals surface area contributed by atoms with Gasteiger partial charge in [0.2, 0.25) is 0 Å². The standard InChI is InChI=1S/C14H25N3O2/c1-10(2)15-6-13-5-14(19-16-13)9-17-7-11(3)18-12(4)8-17/h5,10-12,15H,6-9H2,1-4H3. The molecule has 1 aromatic rings. The van der Waals surface area contributed by atoms with E-state index in [9.17, 15) is 0 Å². The first-order chi connectivity index (χ1) is 9.02. The van der Waals surface area contributed by atoms with Crippen molar-refractivity contribution in [2.45, 2.75) is 59.0 Å². The fourth-order valence-corrected chi connectivity index (χ4v) is 2.46. The van der Waals surface area contributed by atoms with Crippen molar-refractivity contribution in [3.05, 3.63) is 17.5 Å². The molecule has 0 aliphatic carbocycles. The third-order valence-electron chi connectivity index (χ3n) is 3.17. The summed E-state index contributed by atoms with van der Waals surface area (Å²) in [6, 6.07) is 2.50. The predicted molar refractivity (Wildman–Crippen MR) is 73.8 cm³/mol. The molecule has 19 heavy (non-hydrogen) atoms. The molecule has 2 atom stereocenters. The first-order valence-electron chi connectivity index (χ1n) is 7.08. The molecule has 0 bridgehead atoms. The highest BCUT2D eigenvalue weighted by atomic mass is 16.5. The molecule has 1 aromatic heterocycles. The Balaban J connectivity index is 1.85. The minimum Gasteiger partial charge on any atom is -0.373 e. The first kappa shape index (κ1) is 14.5. The lowest BCUT2D eigenvalue weighted by Crippen LogP contribution is -2.44. The number of morpholine rings is 1. The number of nitrogens with zero attached hydrogens (tertiary/aromatic N) is 2. The SMILES string of the molecule is CC(C)NCc1cc(CN2CC(C)OC(C)C2)on1. The van der Waals surface area contributed by atoms with Crippen LogP contribution >= 0.6 is 0 Å². The Morgan fingerprint density at radius 1 is 1.37 bits per heavy atom. The van der Waals surface area contributed by atoms with E-state index in [1.54, 1.807) is 0 Å². The molecule has 1 aliphatic rings. The summed E-state index contributed by atoms with van der Waals surface area (Å²) in [6.07, 6.45) is 0.572. The molecule has 2 unspecified atom stereocenters. The predicted octanol–water partition coefficient (Wildman–Crippen LogP) is 1.78. The average Bonchev–Trinajstić information content (AvgIpc) is 2.72. The zero-order chi connectivity index (χ0) is 13.8. The van der Waals surface area contributed by atoms with Crippen LogP contribution in [0.15, 0.2) is 10.6 Å². The Morgan fingerprint density at radius 3 is 2.68 bits per heavy atom. The number of hydrogen-bond donors (Lipinski definition) is 1. The highest BCUT2D eigenvalue weighted by molar-refractivity contribution is 5.05. The molecule has 5 heteroatoms. The second-order valence-electron chi connectivity index (χ2n) is 5.77. The maximum absolute atomic E-state index is 5.73. The van der Waals surface area contributed by atoms with Crippen LogP contribution in [0.5, 0.6) is 0 Å². The van der Waals surface area contributed by atoms with Gasteiger partial charge in [-0.15, -0.1) is 0 Å². The van der Waals surface area contributed by atoms with E-state index in [4.69, 9.17) is 9.26 Å². The molecule has 1 saturated heterocycles. The molecule has 0 spiro atoms. The van der Waals surface area contributed by atoms with E-state index >= 15 is 0 Å². The lowest BCUT2D eigenvalue weighted by molar-refractivity contribution is -0.0721. The zero-order valence-corrected chi connectivity index (χ0v) is 12.3. The van der Waals surface area contributed by atoms with Crippen LogP contribution in [0.25, 0.3) is 0 Å². The molecule has 0 saturated carbocycles. The number of rotatable bonds is 5. The van der Waals surface area contributed by atoms with Crippen molar-refractivity contribution in [2.75, 3.05) is 13.1 Å². The molecule has 0 amide bonds. The lowest BCUT2D eigenvalue weighted by Gasteiger charge is -2.34. The molecular formula is C14H25N3O2. The van der Waals surface area contributed by atoms with Gasteiger partial charge in [0.1, 0.15) is 0 Å². The van der Waals surface area contributed by atoms with Crippen LogP contribution in [0, 0.1) is 0 Å². The van der Waals surface area contributed by atoms with Crippen molar-refractivity contribution < 1.29 is 9.26 Å². The van der Waals surface area contributed by atoms with E-state index in [1.165, 1.54) is 0 Å². The smallest absolute Gasteiger partial charge is 0.151 e. The van der Waals surface area contributed by atoms with E-state index in [0.29, 0.717) is 6.04 Å². The molecule has 5 nitrogen and oxygen atoms in total. The summed E-state index contributed by atoms with van der Waals surface area (Å²) in [7, 11) is 0. The van der Waals surface area contributed by atoms with Crippen molar-refractivity contribution >= 4 is 0 Å². The van der Waals surface area contributed by atoms with Crippen molar-refractivity contribution in [2.24, 2.45) is 0 Å². The highest BCUT2D eigenvalue weighted by Crippen LogP contribution is 2.14. The number of nitrogens with one attached hydrogen (secondary N) is 1. The topological polar surface area (TPSA) is 50.5 Å². The average molecular weight is 267 g/mol. The third-order valence-corrected chi connectivity index (χ3v) is 3.17. The molecule has 0 aromatic carbocycles. The van der Waals surface area contributed by atoms with Gasteiger partial charge in [0, 0.05) is 31.7 Å². The van der Waals surface area contributed by atoms with E-state index in [0.717, 1.165) is 37.6 Å². The van der Waals surface area contributed by atoms with Crippen LogP contribution in [-0.4, -0.2) is 41.4 Å². The van der Waals surface area contributed by atoms with E-state index in [-0.39, 0.29) is 12.2 Å². The van der Waals surface area contributed by atoms with Crippen LogP contribution in [0.4, 0.5) is 0 Å². The summed E-state index contributed by atoms with van der Waals surface area (Å²) >= 11 is 0. The summed E-state index contributed by atoms with van der Waals surface area (Å²) in [5, 5.41) is 7.43. The summed E-state index contributed by atoms with van der Waals surface area (Å²) in [5.74, 6) is 0.932. The first-order valence-corrected chi connectivity index (χ1v) is 7.08. The second kappa shape index (κ2) is 6.50. The molecule has 1 N–H and O–H groups in total. The van der Waals surface area contributed by atoms with Crippen molar-refractivity contribution in [1.29, 1.82) is 0 Å². The van der Waals surface area contributed by atoms with Crippen LogP contribution < -0.4 is 5.32 Å². The molecule has 1 aliphatic heterocycles. The molecule has 108 valence electrons. The fourth-order valence-electron chi connectivity index (χ4n) is 2.46. The van der Waals surface area contributed by atoms with Crippen LogP contribution in [0.1, 0.15) is 39.1 Å². The van der Waals surface area contributed by atoms with Crippen molar-refractivity contribution in [1.82, 2.24) is 15.4 Å². The van der Waals surface area contributed by atoms with Gasteiger partial charge in [-0.1, -0.05) is 19.0 Å². The second-order valence-corrected chi connectivity index (χ2v) is 5.77. The van der Waals surface area contributed by atoms with Gasteiger partial charge in [-0.05, 0) is 13.8 Å². The maximum Gasteiger partial charge on any atom is 0.151 e. The van der Waals surface area contributed by atoms with Crippen molar-refractivity contribution in [3.8, 4) is 0 Å². The molecule has 1 fully saturated rings. The summed E-state index contributed by atoms with van der Waals surface area (Å²) in [4.78, 5) is 2.36. The Hall–Kier alpha value is -0.910. The van der Waals surface area contributed by atoms with E-state index in [2.05, 4.69) is 43.1 Å². The highest BCUT2D eigenvalue weighted by Gasteiger charge is 2.23. The fraction of sp³-hybridized carbons (Fsp3) is 0.786. The molecule has 2 rings (SSSR count). The van der Waals surface area contributed by atoms with Gasteiger partial charge in [0.15, 0.2) is 5.76 Å². The van der Waals surface area contributed by atoms with Crippen LogP contribution in [-0.2, 0) is 17.8 Å². The third kappa shape index (κ3) is 4.60. The van der Waals surface area contributed by atoms with Crippen molar-refractivity contribution in [3.63, 3.8) is 0 Å². The monoisotopic (exact) mass is 267 g/mol. The Kier molecular flexibility index (Phi) is 4.96. The van der Waals surface area contributed by atoms with Gasteiger partial charge < -0.3 is 14.6 Å². The number of ether oxygens (including phenoxy) is 1. The minimum absolute atomic E-state index is 0.286. The van der Waals surface area contributed by atoms with Crippen LogP contribution in [0.2, 0.25) is 0 Å². The van der Waals surface area contributed by atoms with Gasteiger partial charge in [0.25, 0.3) is 0 Å². The quantitative estimate of drug-likeness (QED) is 0.881. The molecular weight excluding hydrogens is 242 g/mol. The minimum atomic E-state index is 0.286. The molecule has 0 radical (unpaired) electrons. The number of aromatic nitrogens is 1. The van der Waals surface area contributed by atoms with Gasteiger partial charge in [0.05, 0.1) is 24.4 Å². The normalized spacial score (nSPS) is 25.1. The Bertz CT molecular complexity index is 382. The van der Waals surface area contributed by atoms with Crippen LogP contribution in [0.3, 0.4) is 0 Å². The molecule has 2 heterocycles. The maximum atomic E-state index is 5.73. The summed E-state index contributed by atoms with van der Waals surface area (Å²) in [6.45, 7) is 11.9. The van der Waals surface area contributed by atoms with Gasteiger partial charge in [-0.2, -0.15) is 0 Å². The lowest BCUT2D eigenvalue weighted by atomic mass is 10.2. The largest absolute Gasteiger partial charge is 0.373 e. The Morgan fingerprint density at radius 2 is 2.05 bits per heavy atom. The zero-order valence-electron chi connectivity index (χ0n) is 12.3. The van der Waals surface area contributed by atoms with Gasteiger partial charge in [-0.3, -0.25) is 4.90 Å².